The van der Waals surface area contributed by atoms with Crippen molar-refractivity contribution in [3.05, 3.63) is 89.5 Å². The summed E-state index contributed by atoms with van der Waals surface area (Å²) in [5.41, 5.74) is 10.2. The Balaban J connectivity index is 2.15. The summed E-state index contributed by atoms with van der Waals surface area (Å²) < 4.78 is 0. The highest BCUT2D eigenvalue weighted by molar-refractivity contribution is 6.90. The van der Waals surface area contributed by atoms with Gasteiger partial charge in [0.05, 0.1) is 24.2 Å². The lowest BCUT2D eigenvalue weighted by molar-refractivity contribution is 1.55. The monoisotopic (exact) mass is 594 g/mol. The first kappa shape index (κ1) is 31.2. The molecule has 4 aromatic carbocycles. The third kappa shape index (κ3) is 6.48. The minimum absolute atomic E-state index is 0.935. The maximum absolute atomic E-state index is 5.86. The third-order valence-electron chi connectivity index (χ3n) is 7.85. The van der Waals surface area contributed by atoms with Gasteiger partial charge in [0.15, 0.2) is 0 Å². The first-order chi connectivity index (χ1) is 19.6. The van der Waals surface area contributed by atoms with Gasteiger partial charge in [0.25, 0.3) is 0 Å². The van der Waals surface area contributed by atoms with Crippen LogP contribution in [0.1, 0.15) is 16.7 Å². The SMILES string of the molecule is C#Cc1ccc(-c2cc(-c3ccc(C#C)cc3[Si](C)(C)C)cc(-c3ccc(C#C)cc3[Si](C)(C)C)c2)c([Si](C)(C)C)c1. The molecule has 210 valence electrons. The van der Waals surface area contributed by atoms with Crippen molar-refractivity contribution in [3.63, 3.8) is 0 Å². The van der Waals surface area contributed by atoms with E-state index < -0.39 is 24.2 Å². The smallest absolute Gasteiger partial charge is 0.0784 e. The van der Waals surface area contributed by atoms with Crippen LogP contribution in [-0.2, 0) is 0 Å². The van der Waals surface area contributed by atoms with Gasteiger partial charge in [-0.05, 0) is 88.0 Å². The first-order valence-corrected chi connectivity index (χ1v) is 25.1. The van der Waals surface area contributed by atoms with Crippen LogP contribution < -0.4 is 15.6 Å². The maximum atomic E-state index is 5.86. The second kappa shape index (κ2) is 11.5. The summed E-state index contributed by atoms with van der Waals surface area (Å²) in [6, 6.07) is 26.7. The largest absolute Gasteiger partial charge is 0.115 e. The van der Waals surface area contributed by atoms with Gasteiger partial charge in [-0.2, -0.15) is 0 Å². The van der Waals surface area contributed by atoms with E-state index in [2.05, 4.69) is 149 Å². The second-order valence-electron chi connectivity index (χ2n) is 14.3. The fourth-order valence-electron chi connectivity index (χ4n) is 5.61. The Hall–Kier alpha value is -3.79. The summed E-state index contributed by atoms with van der Waals surface area (Å²) in [6.07, 6.45) is 17.6. The average molecular weight is 595 g/mol. The number of rotatable bonds is 6. The Kier molecular flexibility index (Phi) is 8.51. The van der Waals surface area contributed by atoms with Crippen LogP contribution in [-0.4, -0.2) is 24.2 Å². The molecule has 0 saturated carbocycles. The Morgan fingerprint density at radius 1 is 0.381 bits per heavy atom. The lowest BCUT2D eigenvalue weighted by Crippen LogP contribution is -2.40. The van der Waals surface area contributed by atoms with Gasteiger partial charge in [-0.1, -0.05) is 110 Å². The van der Waals surface area contributed by atoms with Gasteiger partial charge >= 0.3 is 0 Å². The molecule has 3 heteroatoms. The van der Waals surface area contributed by atoms with Gasteiger partial charge in [0.2, 0.25) is 0 Å². The molecule has 0 aliphatic rings. The molecular weight excluding hydrogens is 553 g/mol. The van der Waals surface area contributed by atoms with E-state index in [4.69, 9.17) is 19.3 Å². The zero-order valence-corrected chi connectivity index (χ0v) is 29.7. The zero-order valence-electron chi connectivity index (χ0n) is 26.7. The zero-order chi connectivity index (χ0) is 31.0. The molecule has 0 amide bonds. The highest BCUT2D eigenvalue weighted by Gasteiger charge is 2.26. The van der Waals surface area contributed by atoms with E-state index in [0.717, 1.165) is 16.7 Å². The van der Waals surface area contributed by atoms with Crippen molar-refractivity contribution >= 4 is 39.8 Å². The van der Waals surface area contributed by atoms with Gasteiger partial charge < -0.3 is 0 Å². The molecule has 0 bridgehead atoms. The topological polar surface area (TPSA) is 0 Å². The molecule has 0 spiro atoms. The predicted octanol–water partition coefficient (Wildman–Crippen LogP) is 8.27. The van der Waals surface area contributed by atoms with Crippen molar-refractivity contribution in [2.45, 2.75) is 58.9 Å². The van der Waals surface area contributed by atoms with Crippen LogP contribution in [0.25, 0.3) is 33.4 Å². The molecule has 0 unspecified atom stereocenters. The van der Waals surface area contributed by atoms with E-state index in [-0.39, 0.29) is 0 Å². The summed E-state index contributed by atoms with van der Waals surface area (Å²) in [6.45, 7) is 21.5. The Labute approximate surface area is 257 Å². The molecule has 4 rings (SSSR count). The Morgan fingerprint density at radius 3 is 0.810 bits per heavy atom. The molecule has 0 fully saturated rings. The Bertz CT molecular complexity index is 1570. The van der Waals surface area contributed by atoms with Gasteiger partial charge in [0, 0.05) is 16.7 Å². The van der Waals surface area contributed by atoms with Gasteiger partial charge in [-0.3, -0.25) is 0 Å². The molecule has 42 heavy (non-hydrogen) atoms. The number of terminal acetylenes is 3. The second-order valence-corrected chi connectivity index (χ2v) is 29.4. The summed E-state index contributed by atoms with van der Waals surface area (Å²) in [7, 11) is -5.20. The van der Waals surface area contributed by atoms with Gasteiger partial charge in [0.1, 0.15) is 0 Å². The van der Waals surface area contributed by atoms with Crippen molar-refractivity contribution in [2.75, 3.05) is 0 Å². The van der Waals surface area contributed by atoms with Crippen LogP contribution in [0.4, 0.5) is 0 Å². The quantitative estimate of drug-likeness (QED) is 0.156. The molecule has 0 N–H and O–H groups in total. The normalized spacial score (nSPS) is 11.9. The van der Waals surface area contributed by atoms with Crippen LogP contribution in [0.5, 0.6) is 0 Å². The summed E-state index contributed by atoms with van der Waals surface area (Å²) in [4.78, 5) is 0. The molecule has 0 saturated heterocycles. The fourth-order valence-corrected chi connectivity index (χ4v) is 10.5. The van der Waals surface area contributed by atoms with E-state index in [1.165, 1.54) is 48.9 Å². The lowest BCUT2D eigenvalue weighted by Gasteiger charge is -2.26. The van der Waals surface area contributed by atoms with Gasteiger partial charge in [-0.25, -0.2) is 0 Å². The summed E-state index contributed by atoms with van der Waals surface area (Å²) in [5.74, 6) is 8.58. The molecule has 0 aromatic heterocycles. The summed E-state index contributed by atoms with van der Waals surface area (Å²) in [5, 5.41) is 4.13. The van der Waals surface area contributed by atoms with E-state index in [0.29, 0.717) is 0 Å². The standard InChI is InChI=1S/C39H42Si3/c1-13-28-16-19-34(37(22-28)40(4,5)6)31-25-32(35-20-17-29(14-2)23-38(35)41(7,8)9)27-33(26-31)36-21-18-30(15-3)24-39(36)42(10,11)12/h1-3,16-27H,4-12H3. The Morgan fingerprint density at radius 2 is 0.619 bits per heavy atom. The van der Waals surface area contributed by atoms with Crippen molar-refractivity contribution in [3.8, 4) is 70.4 Å². The van der Waals surface area contributed by atoms with Crippen molar-refractivity contribution < 1.29 is 0 Å². The molecule has 4 aromatic rings. The van der Waals surface area contributed by atoms with Crippen molar-refractivity contribution in [1.82, 2.24) is 0 Å². The molecule has 0 heterocycles. The van der Waals surface area contributed by atoms with E-state index in [1.807, 2.05) is 0 Å². The van der Waals surface area contributed by atoms with Crippen molar-refractivity contribution in [2.24, 2.45) is 0 Å². The lowest BCUT2D eigenvalue weighted by atomic mass is 9.92. The minimum atomic E-state index is -1.73. The molecule has 0 aliphatic heterocycles. The highest BCUT2D eigenvalue weighted by atomic mass is 28.3. The van der Waals surface area contributed by atoms with Crippen LogP contribution in [0, 0.1) is 37.0 Å². The van der Waals surface area contributed by atoms with Crippen LogP contribution >= 0.6 is 0 Å². The van der Waals surface area contributed by atoms with Crippen LogP contribution in [0.15, 0.2) is 72.8 Å². The van der Waals surface area contributed by atoms with Crippen molar-refractivity contribution in [1.29, 1.82) is 0 Å². The number of benzene rings is 4. The molecular formula is C39H42Si3. The molecule has 0 aliphatic carbocycles. The molecule has 0 atom stereocenters. The van der Waals surface area contributed by atoms with Crippen LogP contribution in [0.3, 0.4) is 0 Å². The highest BCUT2D eigenvalue weighted by Crippen LogP contribution is 2.34. The first-order valence-electron chi connectivity index (χ1n) is 14.6. The van der Waals surface area contributed by atoms with E-state index >= 15 is 0 Å². The van der Waals surface area contributed by atoms with Gasteiger partial charge in [-0.15, -0.1) is 19.3 Å². The van der Waals surface area contributed by atoms with E-state index in [1.54, 1.807) is 0 Å². The van der Waals surface area contributed by atoms with E-state index in [9.17, 15) is 0 Å². The third-order valence-corrected chi connectivity index (χ3v) is 13.9. The average Bonchev–Trinajstić information content (AvgIpc) is 2.94. The minimum Gasteiger partial charge on any atom is -0.115 e. The summed E-state index contributed by atoms with van der Waals surface area (Å²) >= 11 is 0. The number of hydrogen-bond acceptors (Lipinski definition) is 0. The molecule has 0 nitrogen and oxygen atoms in total. The molecule has 0 radical (unpaired) electrons. The predicted molar refractivity (Wildman–Crippen MR) is 195 cm³/mol. The number of hydrogen-bond donors (Lipinski definition) is 0. The fraction of sp³-hybridized carbons (Fsp3) is 0.231. The van der Waals surface area contributed by atoms with Crippen LogP contribution in [0.2, 0.25) is 58.9 Å². The maximum Gasteiger partial charge on any atom is 0.0784 e.